The molecule has 0 spiro atoms. The van der Waals surface area contributed by atoms with Crippen LogP contribution in [-0.4, -0.2) is 48.4 Å². The quantitative estimate of drug-likeness (QED) is 0.634. The van der Waals surface area contributed by atoms with E-state index < -0.39 is 0 Å². The van der Waals surface area contributed by atoms with Gasteiger partial charge in [0, 0.05) is 24.8 Å². The largest absolute Gasteiger partial charge is 0.384 e. The van der Waals surface area contributed by atoms with E-state index in [9.17, 15) is 0 Å². The Morgan fingerprint density at radius 3 is 2.75 bits per heavy atom. The summed E-state index contributed by atoms with van der Waals surface area (Å²) >= 11 is 0. The number of likely N-dealkylation sites (N-methyl/N-ethyl adjacent to an activating group) is 1. The highest BCUT2D eigenvalue weighted by Gasteiger charge is 2.24. The maximum absolute atomic E-state index is 7.87. The lowest BCUT2D eigenvalue weighted by Crippen LogP contribution is -2.39. The maximum Gasteiger partial charge on any atom is 0.126 e. The molecule has 0 radical (unpaired) electrons. The van der Waals surface area contributed by atoms with E-state index in [2.05, 4.69) is 34.8 Å². The normalized spacial score (nSPS) is 20.8. The van der Waals surface area contributed by atoms with Crippen LogP contribution in [0.4, 0.5) is 5.69 Å². The molecule has 1 aromatic rings. The van der Waals surface area contributed by atoms with E-state index in [1.807, 2.05) is 13.8 Å². The lowest BCUT2D eigenvalue weighted by molar-refractivity contribution is 0.337. The average Bonchev–Trinajstić information content (AvgIpc) is 2.48. The summed E-state index contributed by atoms with van der Waals surface area (Å²) in [7, 11) is 2.16. The molecule has 1 aromatic heterocycles. The van der Waals surface area contributed by atoms with E-state index in [1.54, 1.807) is 0 Å². The smallest absolute Gasteiger partial charge is 0.126 e. The highest BCUT2D eigenvalue weighted by atomic mass is 15.2. The van der Waals surface area contributed by atoms with Crippen LogP contribution in [0.5, 0.6) is 0 Å². The molecular formula is C15H25N5. The van der Waals surface area contributed by atoms with Gasteiger partial charge in [0.05, 0.1) is 16.9 Å². The van der Waals surface area contributed by atoms with Crippen molar-refractivity contribution in [3.8, 4) is 0 Å². The summed E-state index contributed by atoms with van der Waals surface area (Å²) in [5.74, 6) is 0.106. The van der Waals surface area contributed by atoms with Gasteiger partial charge in [0.2, 0.25) is 0 Å². The molecule has 1 saturated heterocycles. The molecule has 5 heteroatoms. The number of aromatic nitrogens is 1. The van der Waals surface area contributed by atoms with Crippen LogP contribution in [0, 0.1) is 19.3 Å². The second-order valence-electron chi connectivity index (χ2n) is 5.82. The van der Waals surface area contributed by atoms with E-state index in [-0.39, 0.29) is 5.84 Å². The number of nitrogen functional groups attached to an aromatic ring is 1. The Bertz CT molecular complexity index is 511. The fourth-order valence-corrected chi connectivity index (χ4v) is 3.10. The average molecular weight is 275 g/mol. The van der Waals surface area contributed by atoms with E-state index in [0.717, 1.165) is 48.7 Å². The number of nitrogens with two attached hydrogens (primary N) is 1. The number of hydrogen-bond acceptors (Lipinski definition) is 4. The van der Waals surface area contributed by atoms with Crippen molar-refractivity contribution in [1.82, 2.24) is 9.88 Å². The number of hydrogen-bond donors (Lipinski definition) is 2. The molecule has 1 aliphatic heterocycles. The van der Waals surface area contributed by atoms with Crippen molar-refractivity contribution < 1.29 is 0 Å². The second-order valence-corrected chi connectivity index (χ2v) is 5.82. The number of nitrogens with one attached hydrogen (secondary N) is 1. The lowest BCUT2D eigenvalue weighted by Gasteiger charge is -2.32. The number of rotatable bonds is 2. The van der Waals surface area contributed by atoms with Gasteiger partial charge in [-0.05, 0) is 46.9 Å². The zero-order valence-electron chi connectivity index (χ0n) is 12.9. The molecular weight excluding hydrogens is 250 g/mol. The first-order valence-corrected chi connectivity index (χ1v) is 7.18. The summed E-state index contributed by atoms with van der Waals surface area (Å²) in [6.45, 7) is 9.29. The van der Waals surface area contributed by atoms with Crippen molar-refractivity contribution in [2.45, 2.75) is 33.2 Å². The standard InChI is InChI=1S/C15H25N5/c1-10-8-13(14(15(16)17)12(3)18-10)20-7-5-6-19(4)9-11(20)2/h8,11H,5-7,9H2,1-4H3,(H3,16,17). The predicted octanol–water partition coefficient (Wildman–Crippen LogP) is 1.51. The van der Waals surface area contributed by atoms with Crippen molar-refractivity contribution in [3.63, 3.8) is 0 Å². The minimum Gasteiger partial charge on any atom is -0.384 e. The third kappa shape index (κ3) is 2.93. The molecule has 1 unspecified atom stereocenters. The van der Waals surface area contributed by atoms with Crippen LogP contribution < -0.4 is 10.6 Å². The summed E-state index contributed by atoms with van der Waals surface area (Å²) < 4.78 is 0. The van der Waals surface area contributed by atoms with Crippen LogP contribution in [0.2, 0.25) is 0 Å². The third-order valence-electron chi connectivity index (χ3n) is 3.93. The van der Waals surface area contributed by atoms with Gasteiger partial charge in [-0.25, -0.2) is 0 Å². The highest BCUT2D eigenvalue weighted by molar-refractivity contribution is 6.01. The van der Waals surface area contributed by atoms with Crippen molar-refractivity contribution in [2.75, 3.05) is 31.6 Å². The number of nitrogens with zero attached hydrogens (tertiary/aromatic N) is 3. The van der Waals surface area contributed by atoms with Gasteiger partial charge >= 0.3 is 0 Å². The topological polar surface area (TPSA) is 69.2 Å². The predicted molar refractivity (Wildman–Crippen MR) is 83.6 cm³/mol. The molecule has 1 aliphatic rings. The molecule has 0 aliphatic carbocycles. The first-order chi connectivity index (χ1) is 9.40. The molecule has 110 valence electrons. The molecule has 20 heavy (non-hydrogen) atoms. The zero-order valence-corrected chi connectivity index (χ0v) is 12.9. The number of amidine groups is 1. The second kappa shape index (κ2) is 5.79. The molecule has 3 N–H and O–H groups in total. The zero-order chi connectivity index (χ0) is 14.9. The van der Waals surface area contributed by atoms with Gasteiger partial charge in [-0.15, -0.1) is 0 Å². The molecule has 1 atom stereocenters. The molecule has 0 aromatic carbocycles. The van der Waals surface area contributed by atoms with Gasteiger partial charge in [-0.1, -0.05) is 0 Å². The van der Waals surface area contributed by atoms with Crippen molar-refractivity contribution >= 4 is 11.5 Å². The fourth-order valence-electron chi connectivity index (χ4n) is 3.10. The lowest BCUT2D eigenvalue weighted by atomic mass is 10.1. The Balaban J connectivity index is 2.47. The SMILES string of the molecule is Cc1cc(N2CCCN(C)CC2C)c(C(=N)N)c(C)n1. The first kappa shape index (κ1) is 14.8. The molecule has 2 heterocycles. The maximum atomic E-state index is 7.87. The van der Waals surface area contributed by atoms with Gasteiger partial charge in [0.1, 0.15) is 5.84 Å². The van der Waals surface area contributed by atoms with Crippen molar-refractivity contribution in [3.05, 3.63) is 23.0 Å². The monoisotopic (exact) mass is 275 g/mol. The molecule has 0 saturated carbocycles. The molecule has 1 fully saturated rings. The third-order valence-corrected chi connectivity index (χ3v) is 3.93. The highest BCUT2D eigenvalue weighted by Crippen LogP contribution is 2.27. The first-order valence-electron chi connectivity index (χ1n) is 7.18. The van der Waals surface area contributed by atoms with Crippen LogP contribution in [0.1, 0.15) is 30.3 Å². The van der Waals surface area contributed by atoms with Gasteiger partial charge in [-0.2, -0.15) is 0 Å². The number of aryl methyl sites for hydroxylation is 2. The van der Waals surface area contributed by atoms with Gasteiger partial charge in [0.15, 0.2) is 0 Å². The Morgan fingerprint density at radius 2 is 2.10 bits per heavy atom. The van der Waals surface area contributed by atoms with E-state index in [1.165, 1.54) is 0 Å². The molecule has 2 rings (SSSR count). The fraction of sp³-hybridized carbons (Fsp3) is 0.600. The summed E-state index contributed by atoms with van der Waals surface area (Å²) in [5, 5.41) is 7.87. The van der Waals surface area contributed by atoms with Gasteiger partial charge in [-0.3, -0.25) is 10.4 Å². The Kier molecular flexibility index (Phi) is 4.28. The number of anilines is 1. The van der Waals surface area contributed by atoms with Crippen LogP contribution in [0.25, 0.3) is 0 Å². The van der Waals surface area contributed by atoms with Crippen LogP contribution in [0.15, 0.2) is 6.07 Å². The Hall–Kier alpha value is -1.62. The van der Waals surface area contributed by atoms with E-state index >= 15 is 0 Å². The summed E-state index contributed by atoms with van der Waals surface area (Å²) in [6, 6.07) is 2.47. The summed E-state index contributed by atoms with van der Waals surface area (Å²) in [5.41, 5.74) is 9.46. The summed E-state index contributed by atoms with van der Waals surface area (Å²) in [4.78, 5) is 9.19. The van der Waals surface area contributed by atoms with Crippen LogP contribution >= 0.6 is 0 Å². The van der Waals surface area contributed by atoms with E-state index in [4.69, 9.17) is 11.1 Å². The minimum absolute atomic E-state index is 0.106. The molecule has 5 nitrogen and oxygen atoms in total. The Labute approximate surface area is 121 Å². The van der Waals surface area contributed by atoms with Gasteiger partial charge in [0.25, 0.3) is 0 Å². The minimum atomic E-state index is 0.106. The molecule has 0 bridgehead atoms. The Morgan fingerprint density at radius 1 is 1.40 bits per heavy atom. The van der Waals surface area contributed by atoms with Crippen LogP contribution in [0.3, 0.4) is 0 Å². The van der Waals surface area contributed by atoms with Crippen molar-refractivity contribution in [2.24, 2.45) is 5.73 Å². The van der Waals surface area contributed by atoms with Crippen LogP contribution in [-0.2, 0) is 0 Å². The van der Waals surface area contributed by atoms with Crippen molar-refractivity contribution in [1.29, 1.82) is 5.41 Å². The van der Waals surface area contributed by atoms with E-state index in [0.29, 0.717) is 6.04 Å². The molecule has 0 amide bonds. The van der Waals surface area contributed by atoms with Gasteiger partial charge < -0.3 is 15.5 Å². The summed E-state index contributed by atoms with van der Waals surface area (Å²) in [6.07, 6.45) is 1.12. The number of pyridine rings is 1.